The van der Waals surface area contributed by atoms with Gasteiger partial charge in [-0.1, -0.05) is 49.3 Å². The molecule has 2 saturated heterocycles. The number of anilines is 1. The molecular formula is C25H29N5O4S2. The van der Waals surface area contributed by atoms with Gasteiger partial charge in [0.2, 0.25) is 0 Å². The van der Waals surface area contributed by atoms with Crippen LogP contribution in [0, 0.1) is 0 Å². The van der Waals surface area contributed by atoms with Gasteiger partial charge in [0.05, 0.1) is 17.1 Å². The monoisotopic (exact) mass is 527 g/mol. The molecule has 5 rings (SSSR count). The van der Waals surface area contributed by atoms with Crippen LogP contribution in [0.5, 0.6) is 0 Å². The number of ether oxygens (including phenoxy) is 1. The SMILES string of the molecule is CCOC(=O)N1CCN(c2nc3ccccn3c(=O)c2/C=C2\SC(=S)N(C3CCCCC3)C2=O)CC1. The van der Waals surface area contributed by atoms with Crippen molar-refractivity contribution in [1.82, 2.24) is 19.2 Å². The summed E-state index contributed by atoms with van der Waals surface area (Å²) in [7, 11) is 0. The number of piperazine rings is 1. The summed E-state index contributed by atoms with van der Waals surface area (Å²) < 4.78 is 7.17. The molecule has 0 aromatic carbocycles. The minimum atomic E-state index is -0.338. The summed E-state index contributed by atoms with van der Waals surface area (Å²) in [5.74, 6) is 0.380. The second-order valence-corrected chi connectivity index (χ2v) is 10.8. The molecule has 0 bridgehead atoms. The van der Waals surface area contributed by atoms with Crippen LogP contribution in [0.3, 0.4) is 0 Å². The van der Waals surface area contributed by atoms with Crippen molar-refractivity contribution in [2.24, 2.45) is 0 Å². The number of aromatic nitrogens is 2. The summed E-state index contributed by atoms with van der Waals surface area (Å²) in [4.78, 5) is 49.8. The molecule has 4 heterocycles. The number of fused-ring (bicyclic) bond motifs is 1. The van der Waals surface area contributed by atoms with Gasteiger partial charge < -0.3 is 14.5 Å². The van der Waals surface area contributed by atoms with Crippen molar-refractivity contribution in [3.63, 3.8) is 0 Å². The minimum Gasteiger partial charge on any atom is -0.450 e. The maximum atomic E-state index is 13.6. The van der Waals surface area contributed by atoms with Crippen LogP contribution in [-0.2, 0) is 9.53 Å². The topological polar surface area (TPSA) is 87.5 Å². The van der Waals surface area contributed by atoms with Gasteiger partial charge in [-0.05, 0) is 38.0 Å². The van der Waals surface area contributed by atoms with E-state index in [0.717, 1.165) is 25.7 Å². The van der Waals surface area contributed by atoms with Gasteiger partial charge in [-0.3, -0.25) is 18.9 Å². The van der Waals surface area contributed by atoms with Crippen molar-refractivity contribution in [2.45, 2.75) is 45.1 Å². The highest BCUT2D eigenvalue weighted by Crippen LogP contribution is 2.37. The lowest BCUT2D eigenvalue weighted by molar-refractivity contribution is -0.124. The van der Waals surface area contributed by atoms with E-state index in [-0.39, 0.29) is 23.6 Å². The normalized spacial score (nSPS) is 20.6. The van der Waals surface area contributed by atoms with Crippen molar-refractivity contribution >= 4 is 57.8 Å². The lowest BCUT2D eigenvalue weighted by Crippen LogP contribution is -2.49. The number of pyridine rings is 1. The summed E-state index contributed by atoms with van der Waals surface area (Å²) in [5.41, 5.74) is 0.635. The molecule has 0 atom stereocenters. The van der Waals surface area contributed by atoms with Crippen LogP contribution in [0.4, 0.5) is 10.6 Å². The smallest absolute Gasteiger partial charge is 0.409 e. The number of hydrogen-bond donors (Lipinski definition) is 0. The second kappa shape index (κ2) is 10.6. The van der Waals surface area contributed by atoms with Gasteiger partial charge in [-0.15, -0.1) is 0 Å². The van der Waals surface area contributed by atoms with E-state index in [1.54, 1.807) is 41.1 Å². The highest BCUT2D eigenvalue weighted by molar-refractivity contribution is 8.26. The highest BCUT2D eigenvalue weighted by Gasteiger charge is 2.38. The van der Waals surface area contributed by atoms with E-state index < -0.39 is 0 Å². The number of thiocarbonyl (C=S) groups is 1. The summed E-state index contributed by atoms with van der Waals surface area (Å²) in [6.45, 7) is 4.01. The van der Waals surface area contributed by atoms with Crippen LogP contribution in [0.2, 0.25) is 0 Å². The van der Waals surface area contributed by atoms with Crippen LogP contribution >= 0.6 is 24.0 Å². The Labute approximate surface area is 219 Å². The van der Waals surface area contributed by atoms with Crippen molar-refractivity contribution in [3.8, 4) is 0 Å². The van der Waals surface area contributed by atoms with Gasteiger partial charge in [0.25, 0.3) is 11.5 Å². The van der Waals surface area contributed by atoms with Gasteiger partial charge in [0, 0.05) is 38.4 Å². The van der Waals surface area contributed by atoms with Crippen molar-refractivity contribution in [3.05, 3.63) is 45.2 Å². The Bertz CT molecular complexity index is 1280. The molecule has 0 N–H and O–H groups in total. The quantitative estimate of drug-likeness (QED) is 0.441. The molecule has 0 spiro atoms. The average molecular weight is 528 g/mol. The van der Waals surface area contributed by atoms with E-state index >= 15 is 0 Å². The third-order valence-corrected chi connectivity index (χ3v) is 8.22. The predicted octanol–water partition coefficient (Wildman–Crippen LogP) is 3.51. The predicted molar refractivity (Wildman–Crippen MR) is 144 cm³/mol. The number of rotatable bonds is 4. The Morgan fingerprint density at radius 1 is 1.17 bits per heavy atom. The number of carbonyl (C=O) groups excluding carboxylic acids is 2. The molecule has 2 aliphatic heterocycles. The summed E-state index contributed by atoms with van der Waals surface area (Å²) >= 11 is 6.84. The van der Waals surface area contributed by atoms with Crippen molar-refractivity contribution in [1.29, 1.82) is 0 Å². The van der Waals surface area contributed by atoms with E-state index in [9.17, 15) is 14.4 Å². The number of carbonyl (C=O) groups is 2. The number of thioether (sulfide) groups is 1. The Hall–Kier alpha value is -2.92. The molecule has 1 aliphatic carbocycles. The van der Waals surface area contributed by atoms with Crippen LogP contribution in [0.15, 0.2) is 34.1 Å². The fourth-order valence-electron chi connectivity index (χ4n) is 5.04. The molecule has 2 aromatic rings. The fourth-order valence-corrected chi connectivity index (χ4v) is 6.42. The molecule has 2 aromatic heterocycles. The first kappa shape index (κ1) is 24.8. The second-order valence-electron chi connectivity index (χ2n) is 9.10. The fraction of sp³-hybridized carbons (Fsp3) is 0.480. The van der Waals surface area contributed by atoms with E-state index in [2.05, 4.69) is 0 Å². The largest absolute Gasteiger partial charge is 0.450 e. The number of nitrogens with zero attached hydrogens (tertiary/aromatic N) is 5. The van der Waals surface area contributed by atoms with Crippen LogP contribution in [0.1, 0.15) is 44.6 Å². The Kier molecular flexibility index (Phi) is 7.29. The van der Waals surface area contributed by atoms with Crippen molar-refractivity contribution < 1.29 is 14.3 Å². The maximum Gasteiger partial charge on any atom is 0.409 e. The van der Waals surface area contributed by atoms with Crippen LogP contribution in [-0.4, -0.2) is 74.3 Å². The van der Waals surface area contributed by atoms with Gasteiger partial charge in [0.1, 0.15) is 15.8 Å². The van der Waals surface area contributed by atoms with Crippen LogP contribution in [0.25, 0.3) is 11.7 Å². The Balaban J connectivity index is 1.49. The molecular weight excluding hydrogens is 498 g/mol. The molecule has 0 unspecified atom stereocenters. The van der Waals surface area contributed by atoms with Gasteiger partial charge in [-0.25, -0.2) is 9.78 Å². The van der Waals surface area contributed by atoms with Crippen molar-refractivity contribution in [2.75, 3.05) is 37.7 Å². The maximum absolute atomic E-state index is 13.6. The van der Waals surface area contributed by atoms with Gasteiger partial charge in [0.15, 0.2) is 0 Å². The lowest BCUT2D eigenvalue weighted by Gasteiger charge is -2.35. The Morgan fingerprint density at radius 2 is 1.92 bits per heavy atom. The lowest BCUT2D eigenvalue weighted by atomic mass is 9.94. The zero-order valence-electron chi connectivity index (χ0n) is 20.2. The average Bonchev–Trinajstić information content (AvgIpc) is 3.18. The molecule has 1 saturated carbocycles. The minimum absolute atomic E-state index is 0.128. The highest BCUT2D eigenvalue weighted by atomic mass is 32.2. The molecule has 11 heteroatoms. The first-order valence-corrected chi connectivity index (χ1v) is 13.7. The summed E-state index contributed by atoms with van der Waals surface area (Å²) in [6.07, 6.45) is 8.29. The van der Waals surface area contributed by atoms with E-state index in [1.165, 1.54) is 22.6 Å². The van der Waals surface area contributed by atoms with Gasteiger partial charge in [-0.2, -0.15) is 0 Å². The molecule has 3 fully saturated rings. The summed E-state index contributed by atoms with van der Waals surface area (Å²) in [5, 5.41) is 0. The molecule has 190 valence electrons. The Morgan fingerprint density at radius 3 is 2.64 bits per heavy atom. The van der Waals surface area contributed by atoms with Crippen LogP contribution < -0.4 is 10.5 Å². The zero-order chi connectivity index (χ0) is 25.2. The first-order valence-electron chi connectivity index (χ1n) is 12.4. The van der Waals surface area contributed by atoms with E-state index in [0.29, 0.717) is 59.0 Å². The molecule has 36 heavy (non-hydrogen) atoms. The zero-order valence-corrected chi connectivity index (χ0v) is 21.9. The van der Waals surface area contributed by atoms with Gasteiger partial charge >= 0.3 is 6.09 Å². The number of hydrogen-bond acceptors (Lipinski definition) is 8. The standard InChI is InChI=1S/C25H29N5O4S2/c1-2-34-24(33)28-14-12-27(13-15-28)21-18(22(31)29-11-7-6-10-20(29)26-21)16-19-23(32)30(25(35)36-19)17-8-4-3-5-9-17/h6-7,10-11,16-17H,2-5,8-9,12-15H2,1H3/b19-16-. The third-order valence-electron chi connectivity index (χ3n) is 6.89. The van der Waals surface area contributed by atoms with E-state index in [1.807, 2.05) is 11.0 Å². The molecule has 2 amide bonds. The summed E-state index contributed by atoms with van der Waals surface area (Å²) in [6, 6.07) is 5.52. The first-order chi connectivity index (χ1) is 17.5. The van der Waals surface area contributed by atoms with E-state index in [4.69, 9.17) is 21.9 Å². The number of amides is 2. The molecule has 3 aliphatic rings. The molecule has 9 nitrogen and oxygen atoms in total. The third kappa shape index (κ3) is 4.73. The molecule has 0 radical (unpaired) electrons.